The standard InChI is InChI=1S/C28H27F3N6O3/c29-28(30,31)25-22(18-37(34-25)21-9-5-2-6-10-21)26(38)32-13-14-33-27(39)36-15-11-19(12-16-36)23-17-24(40-35-23)20-7-3-1-4-8-20/h1-10,17-19H,11-16H2,(H,32,38)(H,33,39). The Morgan fingerprint density at radius 1 is 0.950 bits per heavy atom. The molecule has 1 fully saturated rings. The number of aromatic nitrogens is 3. The molecule has 0 bridgehead atoms. The number of carbonyl (C=O) groups is 2. The Morgan fingerprint density at radius 2 is 1.60 bits per heavy atom. The maximum atomic E-state index is 13.5. The lowest BCUT2D eigenvalue weighted by Crippen LogP contribution is -2.46. The van der Waals surface area contributed by atoms with Crippen LogP contribution in [0.2, 0.25) is 0 Å². The maximum Gasteiger partial charge on any atom is 0.435 e. The van der Waals surface area contributed by atoms with Crippen molar-refractivity contribution in [2.24, 2.45) is 0 Å². The van der Waals surface area contributed by atoms with Gasteiger partial charge in [0.1, 0.15) is 0 Å². The number of alkyl halides is 3. The normalized spacial score (nSPS) is 14.2. The number of halogens is 3. The van der Waals surface area contributed by atoms with Crippen molar-refractivity contribution in [2.45, 2.75) is 24.9 Å². The highest BCUT2D eigenvalue weighted by Gasteiger charge is 2.39. The molecule has 0 saturated carbocycles. The van der Waals surface area contributed by atoms with Gasteiger partial charge in [0.2, 0.25) is 0 Å². The zero-order chi connectivity index (χ0) is 28.1. The summed E-state index contributed by atoms with van der Waals surface area (Å²) in [6.45, 7) is 1.05. The van der Waals surface area contributed by atoms with Crippen LogP contribution < -0.4 is 10.6 Å². The Bertz CT molecular complexity index is 1440. The lowest BCUT2D eigenvalue weighted by atomic mass is 9.93. The Morgan fingerprint density at radius 3 is 2.27 bits per heavy atom. The third-order valence-corrected chi connectivity index (χ3v) is 6.72. The molecule has 0 spiro atoms. The van der Waals surface area contributed by atoms with Crippen LogP contribution in [0.15, 0.2) is 77.4 Å². The van der Waals surface area contributed by atoms with Gasteiger partial charge in [-0.3, -0.25) is 4.79 Å². The molecular formula is C28H27F3N6O3. The molecule has 2 N–H and O–H groups in total. The second kappa shape index (κ2) is 11.6. The number of rotatable bonds is 7. The first-order valence-electron chi connectivity index (χ1n) is 12.8. The van der Waals surface area contributed by atoms with Gasteiger partial charge in [-0.2, -0.15) is 18.3 Å². The number of hydrogen-bond acceptors (Lipinski definition) is 5. The van der Waals surface area contributed by atoms with Gasteiger partial charge in [0, 0.05) is 49.9 Å². The molecule has 2 aromatic carbocycles. The average Bonchev–Trinajstić information content (AvgIpc) is 3.65. The van der Waals surface area contributed by atoms with E-state index in [1.165, 1.54) is 0 Å². The number of urea groups is 1. The molecule has 1 aliphatic rings. The number of para-hydroxylation sites is 1. The molecular weight excluding hydrogens is 525 g/mol. The molecule has 3 heterocycles. The van der Waals surface area contributed by atoms with Crippen molar-refractivity contribution < 1.29 is 27.3 Å². The summed E-state index contributed by atoms with van der Waals surface area (Å²) >= 11 is 0. The van der Waals surface area contributed by atoms with Crippen molar-refractivity contribution in [3.8, 4) is 17.0 Å². The van der Waals surface area contributed by atoms with Gasteiger partial charge in [-0.15, -0.1) is 0 Å². The average molecular weight is 553 g/mol. The van der Waals surface area contributed by atoms with Crippen LogP contribution >= 0.6 is 0 Å². The third kappa shape index (κ3) is 6.16. The number of likely N-dealkylation sites (tertiary alicyclic amines) is 1. The van der Waals surface area contributed by atoms with E-state index in [4.69, 9.17) is 4.52 Å². The van der Waals surface area contributed by atoms with Crippen LogP contribution in [0, 0.1) is 0 Å². The summed E-state index contributed by atoms with van der Waals surface area (Å²) in [6.07, 6.45) is -2.32. The Balaban J connectivity index is 1.09. The van der Waals surface area contributed by atoms with Crippen LogP contribution in [-0.4, -0.2) is 58.0 Å². The summed E-state index contributed by atoms with van der Waals surface area (Å²) in [4.78, 5) is 26.8. The predicted octanol–water partition coefficient (Wildman–Crippen LogP) is 4.87. The highest BCUT2D eigenvalue weighted by Crippen LogP contribution is 2.32. The smallest absolute Gasteiger partial charge is 0.356 e. The minimum atomic E-state index is -4.80. The predicted molar refractivity (Wildman–Crippen MR) is 140 cm³/mol. The molecule has 1 aliphatic heterocycles. The first-order chi connectivity index (χ1) is 19.3. The summed E-state index contributed by atoms with van der Waals surface area (Å²) < 4.78 is 47.1. The van der Waals surface area contributed by atoms with E-state index in [1.54, 1.807) is 35.2 Å². The zero-order valence-electron chi connectivity index (χ0n) is 21.4. The maximum absolute atomic E-state index is 13.5. The van der Waals surface area contributed by atoms with E-state index in [9.17, 15) is 22.8 Å². The van der Waals surface area contributed by atoms with Crippen molar-refractivity contribution in [3.63, 3.8) is 0 Å². The molecule has 208 valence electrons. The molecule has 0 unspecified atom stereocenters. The topological polar surface area (TPSA) is 105 Å². The number of piperidine rings is 1. The second-order valence-electron chi connectivity index (χ2n) is 9.40. The molecule has 3 amide bonds. The summed E-state index contributed by atoms with van der Waals surface area (Å²) in [7, 11) is 0. The number of carbonyl (C=O) groups excluding carboxylic acids is 2. The minimum absolute atomic E-state index is 0.0456. The lowest BCUT2D eigenvalue weighted by Gasteiger charge is -2.31. The quantitative estimate of drug-likeness (QED) is 0.319. The van der Waals surface area contributed by atoms with Crippen LogP contribution in [0.3, 0.4) is 0 Å². The monoisotopic (exact) mass is 552 g/mol. The third-order valence-electron chi connectivity index (χ3n) is 6.72. The van der Waals surface area contributed by atoms with E-state index in [2.05, 4.69) is 20.9 Å². The molecule has 12 heteroatoms. The van der Waals surface area contributed by atoms with E-state index in [1.807, 2.05) is 36.4 Å². The number of benzene rings is 2. The molecule has 4 aromatic rings. The van der Waals surface area contributed by atoms with Gasteiger partial charge in [0.25, 0.3) is 5.91 Å². The summed E-state index contributed by atoms with van der Waals surface area (Å²) in [6, 6.07) is 19.5. The Hall–Kier alpha value is -4.61. The summed E-state index contributed by atoms with van der Waals surface area (Å²) in [5.74, 6) is -0.0520. The number of hydrogen-bond donors (Lipinski definition) is 2. The van der Waals surface area contributed by atoms with Gasteiger partial charge in [-0.05, 0) is 25.0 Å². The molecule has 0 atom stereocenters. The number of nitrogens with zero attached hydrogens (tertiary/aromatic N) is 4. The summed E-state index contributed by atoms with van der Waals surface area (Å²) in [5.41, 5.74) is 0.334. The highest BCUT2D eigenvalue weighted by atomic mass is 19.4. The number of nitrogens with one attached hydrogen (secondary N) is 2. The van der Waals surface area contributed by atoms with Gasteiger partial charge in [0.05, 0.1) is 16.9 Å². The van der Waals surface area contributed by atoms with Crippen molar-refractivity contribution >= 4 is 11.9 Å². The van der Waals surface area contributed by atoms with Gasteiger partial charge in [-0.1, -0.05) is 53.7 Å². The van der Waals surface area contributed by atoms with Crippen molar-refractivity contribution in [1.29, 1.82) is 0 Å². The van der Waals surface area contributed by atoms with Crippen LogP contribution in [0.25, 0.3) is 17.0 Å². The molecule has 0 aliphatic carbocycles. The van der Waals surface area contributed by atoms with Crippen LogP contribution in [-0.2, 0) is 6.18 Å². The highest BCUT2D eigenvalue weighted by molar-refractivity contribution is 5.95. The SMILES string of the molecule is O=C(NCCNC(=O)N1CCC(c2cc(-c3ccccc3)on2)CC1)c1cn(-c2ccccc2)nc1C(F)(F)F. The van der Waals surface area contributed by atoms with Crippen molar-refractivity contribution in [3.05, 3.63) is 89.9 Å². The van der Waals surface area contributed by atoms with E-state index < -0.39 is 23.3 Å². The van der Waals surface area contributed by atoms with Gasteiger partial charge < -0.3 is 20.1 Å². The number of amides is 3. The fraction of sp³-hybridized carbons (Fsp3) is 0.286. The molecule has 1 saturated heterocycles. The van der Waals surface area contributed by atoms with Crippen molar-refractivity contribution in [1.82, 2.24) is 30.5 Å². The van der Waals surface area contributed by atoms with Crippen LogP contribution in [0.4, 0.5) is 18.0 Å². The van der Waals surface area contributed by atoms with Crippen LogP contribution in [0.1, 0.15) is 40.5 Å². The first kappa shape index (κ1) is 27.0. The molecule has 0 radical (unpaired) electrons. The Labute approximate surface area is 227 Å². The molecule has 5 rings (SSSR count). The van der Waals surface area contributed by atoms with Gasteiger partial charge >= 0.3 is 12.2 Å². The van der Waals surface area contributed by atoms with Gasteiger partial charge in [0.15, 0.2) is 11.5 Å². The fourth-order valence-corrected chi connectivity index (χ4v) is 4.61. The molecule has 40 heavy (non-hydrogen) atoms. The van der Waals surface area contributed by atoms with E-state index in [-0.39, 0.29) is 25.0 Å². The van der Waals surface area contributed by atoms with Crippen LogP contribution in [0.5, 0.6) is 0 Å². The van der Waals surface area contributed by atoms with E-state index in [0.717, 1.165) is 35.0 Å². The minimum Gasteiger partial charge on any atom is -0.356 e. The van der Waals surface area contributed by atoms with Gasteiger partial charge in [-0.25, -0.2) is 9.48 Å². The lowest BCUT2D eigenvalue weighted by molar-refractivity contribution is -0.141. The molecule has 9 nitrogen and oxygen atoms in total. The molecule has 2 aromatic heterocycles. The first-order valence-corrected chi connectivity index (χ1v) is 12.8. The summed E-state index contributed by atoms with van der Waals surface area (Å²) in [5, 5.41) is 12.9. The second-order valence-corrected chi connectivity index (χ2v) is 9.40. The largest absolute Gasteiger partial charge is 0.435 e. The van der Waals surface area contributed by atoms with Crippen molar-refractivity contribution in [2.75, 3.05) is 26.2 Å². The van der Waals surface area contributed by atoms with E-state index >= 15 is 0 Å². The zero-order valence-corrected chi connectivity index (χ0v) is 21.4. The Kier molecular flexibility index (Phi) is 7.85. The van der Waals surface area contributed by atoms with E-state index in [0.29, 0.717) is 24.5 Å². The fourth-order valence-electron chi connectivity index (χ4n) is 4.61.